The number of aliphatic carboxylic acids is 1. The van der Waals surface area contributed by atoms with Crippen LogP contribution in [-0.2, 0) is 22.7 Å². The minimum absolute atomic E-state index is 0. The number of ether oxygens (including phenoxy) is 1. The van der Waals surface area contributed by atoms with Gasteiger partial charge >= 0.3 is 18.2 Å². The van der Waals surface area contributed by atoms with Gasteiger partial charge in [-0.3, -0.25) is 9.78 Å². The Morgan fingerprint density at radius 1 is 1.00 bits per heavy atom. The van der Waals surface area contributed by atoms with E-state index < -0.39 is 59.9 Å². The van der Waals surface area contributed by atoms with Crippen LogP contribution in [0.25, 0.3) is 11.1 Å². The molecule has 2 atom stereocenters. The van der Waals surface area contributed by atoms with Crippen LogP contribution in [0.3, 0.4) is 0 Å². The lowest BCUT2D eigenvalue weighted by Crippen LogP contribution is -2.63. The van der Waals surface area contributed by atoms with Crippen molar-refractivity contribution in [2.45, 2.75) is 30.1 Å². The molecule has 0 spiro atoms. The zero-order valence-corrected chi connectivity index (χ0v) is 21.8. The van der Waals surface area contributed by atoms with Crippen molar-refractivity contribution in [2.75, 3.05) is 6.61 Å². The number of halogens is 8. The summed E-state index contributed by atoms with van der Waals surface area (Å²) in [6, 6.07) is 2.91. The molecule has 0 saturated heterocycles. The van der Waals surface area contributed by atoms with Crippen molar-refractivity contribution in [3.8, 4) is 16.9 Å². The molecule has 2 unspecified atom stereocenters. The van der Waals surface area contributed by atoms with Gasteiger partial charge in [0.15, 0.2) is 6.61 Å². The third-order valence-electron chi connectivity index (χ3n) is 6.26. The molecule has 4 rings (SSSR count). The third-order valence-corrected chi connectivity index (χ3v) is 6.26. The van der Waals surface area contributed by atoms with Crippen LogP contribution in [0.15, 0.2) is 67.1 Å². The van der Waals surface area contributed by atoms with Crippen molar-refractivity contribution in [1.29, 1.82) is 0 Å². The van der Waals surface area contributed by atoms with E-state index in [2.05, 4.69) is 25.2 Å². The fraction of sp³-hybridized carbons (Fsp3) is 0.240. The molecule has 2 heterocycles. The predicted octanol–water partition coefficient (Wildman–Crippen LogP) is 4.52. The van der Waals surface area contributed by atoms with Gasteiger partial charge in [-0.05, 0) is 40.3 Å². The minimum Gasteiger partial charge on any atom is -0.484 e. The molecule has 0 aliphatic heterocycles. The summed E-state index contributed by atoms with van der Waals surface area (Å²) in [5, 5.41) is 19.2. The molecule has 224 valence electrons. The van der Waals surface area contributed by atoms with Gasteiger partial charge in [0, 0.05) is 35.5 Å². The largest absolute Gasteiger partial charge is 0.484 e. The van der Waals surface area contributed by atoms with Gasteiger partial charge in [0.1, 0.15) is 35.2 Å². The SMILES string of the molecule is Cl.NC(C(=O)O)C(Cc1ccc(-c2ccc(OCC(F)(F)F)cc2)cn1)(c1ccc(F)cc1F)C(F)(F)n1cnnn1. The van der Waals surface area contributed by atoms with E-state index in [9.17, 15) is 27.5 Å². The number of rotatable bonds is 10. The van der Waals surface area contributed by atoms with Crippen molar-refractivity contribution in [1.82, 2.24) is 25.2 Å². The Morgan fingerprint density at radius 3 is 2.19 bits per heavy atom. The standard InChI is InChI=1S/C25H19F7N6O3.ClH/c26-16-4-8-19(20(27)9-16)23(21(33)22(39)40,25(31,32)38-13-35-36-37-38)10-17-5-1-15(11-34-17)14-2-6-18(7-3-14)41-12-24(28,29)30;/h1-9,11,13,21H,10,12,33H2,(H,39,40);1H. The fourth-order valence-electron chi connectivity index (χ4n) is 4.28. The maximum atomic E-state index is 16.2. The highest BCUT2D eigenvalue weighted by atomic mass is 35.5. The molecule has 3 N–H and O–H groups in total. The Morgan fingerprint density at radius 2 is 1.67 bits per heavy atom. The van der Waals surface area contributed by atoms with Gasteiger partial charge in [0.05, 0.1) is 0 Å². The summed E-state index contributed by atoms with van der Waals surface area (Å²) in [7, 11) is 0. The van der Waals surface area contributed by atoms with E-state index in [1.807, 2.05) is 0 Å². The molecule has 0 aliphatic rings. The number of nitrogens with zero attached hydrogens (tertiary/aromatic N) is 5. The van der Waals surface area contributed by atoms with Crippen LogP contribution in [0.4, 0.5) is 30.7 Å². The number of aromatic nitrogens is 5. The number of pyridine rings is 1. The zero-order valence-electron chi connectivity index (χ0n) is 21.0. The van der Waals surface area contributed by atoms with E-state index in [-0.39, 0.29) is 28.5 Å². The van der Waals surface area contributed by atoms with Crippen LogP contribution in [0.2, 0.25) is 0 Å². The average Bonchev–Trinajstić information content (AvgIpc) is 3.47. The number of hydrogen-bond donors (Lipinski definition) is 2. The molecule has 0 amide bonds. The lowest BCUT2D eigenvalue weighted by Gasteiger charge is -2.42. The Hall–Kier alpha value is -4.31. The lowest BCUT2D eigenvalue weighted by atomic mass is 9.68. The second-order valence-electron chi connectivity index (χ2n) is 8.85. The summed E-state index contributed by atoms with van der Waals surface area (Å²) in [6.45, 7) is -1.48. The summed E-state index contributed by atoms with van der Waals surface area (Å²) in [5.41, 5.74) is 2.50. The molecular formula is C25H20ClF7N6O3. The van der Waals surface area contributed by atoms with Crippen LogP contribution in [0, 0.1) is 11.6 Å². The van der Waals surface area contributed by atoms with Gasteiger partial charge in [-0.25, -0.2) is 8.78 Å². The Kier molecular flexibility index (Phi) is 9.42. The van der Waals surface area contributed by atoms with Gasteiger partial charge in [-0.15, -0.1) is 17.5 Å². The number of nitrogens with two attached hydrogens (primary N) is 1. The molecule has 4 aromatic rings. The van der Waals surface area contributed by atoms with E-state index in [0.29, 0.717) is 35.7 Å². The smallest absolute Gasteiger partial charge is 0.422 e. The number of tetrazole rings is 1. The van der Waals surface area contributed by atoms with Crippen LogP contribution in [0.1, 0.15) is 11.3 Å². The molecule has 0 saturated carbocycles. The van der Waals surface area contributed by atoms with Crippen molar-refractivity contribution in [3.63, 3.8) is 0 Å². The highest BCUT2D eigenvalue weighted by Gasteiger charge is 2.64. The zero-order chi connectivity index (χ0) is 30.0. The highest BCUT2D eigenvalue weighted by molar-refractivity contribution is 5.85. The van der Waals surface area contributed by atoms with E-state index in [0.717, 1.165) is 0 Å². The first-order valence-electron chi connectivity index (χ1n) is 11.5. The van der Waals surface area contributed by atoms with E-state index in [4.69, 9.17) is 5.73 Å². The summed E-state index contributed by atoms with van der Waals surface area (Å²) in [5.74, 6) is -4.56. The van der Waals surface area contributed by atoms with Crippen LogP contribution in [-0.4, -0.2) is 55.1 Å². The number of carboxylic acids is 1. The molecule has 0 aliphatic carbocycles. The molecule has 0 radical (unpaired) electrons. The quantitative estimate of drug-likeness (QED) is 0.248. The number of hydrogen-bond acceptors (Lipinski definition) is 7. The monoisotopic (exact) mass is 620 g/mol. The number of carboxylic acid groups (broad SMARTS) is 1. The Labute approximate surface area is 238 Å². The van der Waals surface area contributed by atoms with Gasteiger partial charge in [0.2, 0.25) is 0 Å². The van der Waals surface area contributed by atoms with Crippen molar-refractivity contribution in [3.05, 3.63) is 90.0 Å². The van der Waals surface area contributed by atoms with Crippen molar-refractivity contribution < 1.29 is 45.4 Å². The second-order valence-corrected chi connectivity index (χ2v) is 8.85. The first-order valence-corrected chi connectivity index (χ1v) is 11.5. The topological polar surface area (TPSA) is 129 Å². The Bertz CT molecular complexity index is 1510. The highest BCUT2D eigenvalue weighted by Crippen LogP contribution is 2.48. The maximum absolute atomic E-state index is 16.2. The van der Waals surface area contributed by atoms with Gasteiger partial charge in [-0.2, -0.15) is 26.6 Å². The normalized spacial score (nSPS) is 14.0. The van der Waals surface area contributed by atoms with Gasteiger partial charge < -0.3 is 15.6 Å². The fourth-order valence-corrected chi connectivity index (χ4v) is 4.28. The number of alkyl halides is 5. The molecule has 2 aromatic carbocycles. The molecule has 0 fully saturated rings. The lowest BCUT2D eigenvalue weighted by molar-refractivity contribution is -0.182. The number of carbonyl (C=O) groups is 1. The summed E-state index contributed by atoms with van der Waals surface area (Å²) in [6.07, 6.45) is -3.77. The maximum Gasteiger partial charge on any atom is 0.422 e. The average molecular weight is 621 g/mol. The van der Waals surface area contributed by atoms with Gasteiger partial charge in [-0.1, -0.05) is 24.3 Å². The van der Waals surface area contributed by atoms with E-state index in [1.54, 1.807) is 0 Å². The molecule has 2 aromatic heterocycles. The van der Waals surface area contributed by atoms with E-state index >= 15 is 13.2 Å². The van der Waals surface area contributed by atoms with Crippen LogP contribution >= 0.6 is 12.4 Å². The molecule has 0 bridgehead atoms. The van der Waals surface area contributed by atoms with Gasteiger partial charge in [0.25, 0.3) is 0 Å². The first-order chi connectivity index (χ1) is 19.2. The first kappa shape index (κ1) is 32.2. The summed E-state index contributed by atoms with van der Waals surface area (Å²) in [4.78, 5) is 16.2. The molecule has 9 nitrogen and oxygen atoms in total. The molecular weight excluding hydrogens is 601 g/mol. The van der Waals surface area contributed by atoms with E-state index in [1.165, 1.54) is 42.6 Å². The number of benzene rings is 2. The van der Waals surface area contributed by atoms with Crippen LogP contribution in [0.5, 0.6) is 5.75 Å². The summed E-state index contributed by atoms with van der Waals surface area (Å²) >= 11 is 0. The second kappa shape index (κ2) is 12.3. The minimum atomic E-state index is -4.52. The van der Waals surface area contributed by atoms with Crippen molar-refractivity contribution in [2.24, 2.45) is 5.73 Å². The van der Waals surface area contributed by atoms with Crippen LogP contribution < -0.4 is 10.5 Å². The molecule has 42 heavy (non-hydrogen) atoms. The molecule has 17 heteroatoms. The third kappa shape index (κ3) is 6.44. The Balaban J connectivity index is 0.00000484. The predicted molar refractivity (Wildman–Crippen MR) is 134 cm³/mol. The summed E-state index contributed by atoms with van der Waals surface area (Å²) < 4.78 is 103. The van der Waals surface area contributed by atoms with Crippen molar-refractivity contribution >= 4 is 18.4 Å².